The molecule has 2 fully saturated rings. The van der Waals surface area contributed by atoms with Gasteiger partial charge in [-0.25, -0.2) is 9.97 Å². The van der Waals surface area contributed by atoms with E-state index in [2.05, 4.69) is 20.4 Å². The third kappa shape index (κ3) is 4.16. The number of anilines is 2. The molecule has 0 aliphatic carbocycles. The number of carbonyl (C=O) groups is 1. The van der Waals surface area contributed by atoms with Crippen molar-refractivity contribution in [2.75, 3.05) is 43.6 Å². The van der Waals surface area contributed by atoms with Crippen LogP contribution in [0.15, 0.2) is 47.7 Å². The maximum absolute atomic E-state index is 13.4. The fourth-order valence-corrected chi connectivity index (χ4v) is 4.84. The number of hydrogen-bond donors (Lipinski definition) is 2. The Balaban J connectivity index is 1.29. The molecule has 9 nitrogen and oxygen atoms in total. The molecule has 34 heavy (non-hydrogen) atoms. The molecule has 3 aromatic rings. The molecule has 0 saturated carbocycles. The molecule has 1 amide bonds. The van der Waals surface area contributed by atoms with Crippen molar-refractivity contribution in [2.45, 2.75) is 6.92 Å². The van der Waals surface area contributed by atoms with Gasteiger partial charge >= 0.3 is 0 Å². The van der Waals surface area contributed by atoms with Crippen LogP contribution < -0.4 is 15.1 Å². The van der Waals surface area contributed by atoms with Crippen LogP contribution in [0.25, 0.3) is 10.9 Å². The number of carbonyl (C=O) groups excluding carboxylic acids is 1. The number of fused-ring (bicyclic) bond motifs is 2. The van der Waals surface area contributed by atoms with Crippen LogP contribution in [-0.4, -0.2) is 66.5 Å². The first-order valence-corrected chi connectivity index (χ1v) is 11.3. The molecular formula is C25H27N7O2. The number of rotatable bonds is 6. The Hall–Kier alpha value is -4.01. The van der Waals surface area contributed by atoms with Gasteiger partial charge in [-0.2, -0.15) is 5.10 Å². The summed E-state index contributed by atoms with van der Waals surface area (Å²) in [5, 5.41) is 12.0. The van der Waals surface area contributed by atoms with Crippen LogP contribution in [0.4, 0.5) is 11.6 Å². The highest BCUT2D eigenvalue weighted by atomic mass is 16.5. The summed E-state index contributed by atoms with van der Waals surface area (Å²) < 4.78 is 5.33. The van der Waals surface area contributed by atoms with Gasteiger partial charge in [0.15, 0.2) is 0 Å². The molecule has 5 rings (SSSR count). The van der Waals surface area contributed by atoms with Crippen LogP contribution >= 0.6 is 0 Å². The summed E-state index contributed by atoms with van der Waals surface area (Å²) >= 11 is 0. The highest BCUT2D eigenvalue weighted by molar-refractivity contribution is 6.14. The normalized spacial score (nSPS) is 19.6. The molecular weight excluding hydrogens is 430 g/mol. The number of aryl methyl sites for hydroxylation is 1. The van der Waals surface area contributed by atoms with Gasteiger partial charge in [-0.15, -0.1) is 0 Å². The number of ether oxygens (including phenoxy) is 1. The van der Waals surface area contributed by atoms with E-state index in [9.17, 15) is 4.79 Å². The minimum Gasteiger partial charge on any atom is -0.497 e. The zero-order chi connectivity index (χ0) is 23.7. The highest BCUT2D eigenvalue weighted by Gasteiger charge is 2.42. The zero-order valence-corrected chi connectivity index (χ0v) is 19.2. The molecule has 2 aliphatic heterocycles. The fraction of sp³-hybridized carbons (Fsp3) is 0.320. The van der Waals surface area contributed by atoms with Crippen molar-refractivity contribution in [2.24, 2.45) is 16.9 Å². The van der Waals surface area contributed by atoms with Gasteiger partial charge in [-0.05, 0) is 31.2 Å². The van der Waals surface area contributed by atoms with E-state index in [1.54, 1.807) is 7.11 Å². The van der Waals surface area contributed by atoms with Crippen molar-refractivity contribution < 1.29 is 9.53 Å². The Morgan fingerprint density at radius 3 is 2.71 bits per heavy atom. The van der Waals surface area contributed by atoms with E-state index in [1.165, 1.54) is 6.21 Å². The van der Waals surface area contributed by atoms with Gasteiger partial charge in [0.05, 0.1) is 30.1 Å². The predicted octanol–water partition coefficient (Wildman–Crippen LogP) is 3.20. The quantitative estimate of drug-likeness (QED) is 0.435. The first-order chi connectivity index (χ1) is 16.6. The fourth-order valence-electron chi connectivity index (χ4n) is 4.84. The van der Waals surface area contributed by atoms with E-state index in [-0.39, 0.29) is 5.91 Å². The highest BCUT2D eigenvalue weighted by Crippen LogP contribution is 2.34. The molecule has 2 N–H and O–H groups in total. The SMILES string of the molecule is COc1ccc2cnc(N3CC4CN(C(=O)c5cc(C)ccc5N/N=C\C=N)CC4C3)nc2c1. The van der Waals surface area contributed by atoms with Crippen molar-refractivity contribution in [3.05, 3.63) is 53.7 Å². The van der Waals surface area contributed by atoms with E-state index in [0.29, 0.717) is 36.2 Å². The second kappa shape index (κ2) is 9.09. The van der Waals surface area contributed by atoms with Gasteiger partial charge in [0.25, 0.3) is 5.91 Å². The lowest BCUT2D eigenvalue weighted by Crippen LogP contribution is -2.34. The van der Waals surface area contributed by atoms with E-state index in [1.807, 2.05) is 54.4 Å². The summed E-state index contributed by atoms with van der Waals surface area (Å²) in [5.74, 6) is 2.27. The Kier molecular flexibility index (Phi) is 5.83. The Morgan fingerprint density at radius 2 is 1.97 bits per heavy atom. The number of nitrogens with one attached hydrogen (secondary N) is 2. The Morgan fingerprint density at radius 1 is 1.18 bits per heavy atom. The molecule has 0 spiro atoms. The smallest absolute Gasteiger partial charge is 0.256 e. The third-order valence-corrected chi connectivity index (χ3v) is 6.57. The van der Waals surface area contributed by atoms with E-state index >= 15 is 0 Å². The maximum Gasteiger partial charge on any atom is 0.256 e. The van der Waals surface area contributed by atoms with Crippen molar-refractivity contribution in [3.8, 4) is 5.75 Å². The predicted molar refractivity (Wildman–Crippen MR) is 133 cm³/mol. The molecule has 0 bridgehead atoms. The second-order valence-electron chi connectivity index (χ2n) is 8.84. The number of amides is 1. The minimum atomic E-state index is 0.00579. The van der Waals surface area contributed by atoms with Gasteiger partial charge in [0, 0.05) is 61.9 Å². The maximum atomic E-state index is 13.4. The molecule has 2 atom stereocenters. The summed E-state index contributed by atoms with van der Waals surface area (Å²) in [6.07, 6.45) is 4.29. The number of methoxy groups -OCH3 is 1. The number of hydrazone groups is 1. The largest absolute Gasteiger partial charge is 0.497 e. The van der Waals surface area contributed by atoms with E-state index < -0.39 is 0 Å². The number of hydrogen-bond acceptors (Lipinski definition) is 8. The lowest BCUT2D eigenvalue weighted by atomic mass is 10.0. The average Bonchev–Trinajstić information content (AvgIpc) is 3.43. The van der Waals surface area contributed by atoms with Crippen LogP contribution in [-0.2, 0) is 0 Å². The Labute approximate surface area is 198 Å². The van der Waals surface area contributed by atoms with Crippen molar-refractivity contribution in [1.29, 1.82) is 5.41 Å². The number of likely N-dealkylation sites (tertiary alicyclic amines) is 1. The molecule has 9 heteroatoms. The van der Waals surface area contributed by atoms with Gasteiger partial charge in [0.1, 0.15) is 5.75 Å². The molecule has 1 aromatic heterocycles. The monoisotopic (exact) mass is 457 g/mol. The standard InChI is InChI=1S/C25H27N7O2/c1-16-3-6-22(30-28-8-7-26)21(9-16)24(33)31-12-18-14-32(15-19(18)13-31)25-27-11-17-4-5-20(34-2)10-23(17)29-25/h3-11,18-19,26,30H,12-15H2,1-2H3/b26-7?,28-8-. The molecule has 2 aliphatic rings. The van der Waals surface area contributed by atoms with Gasteiger partial charge in [-0.3, -0.25) is 10.2 Å². The van der Waals surface area contributed by atoms with Gasteiger partial charge in [-0.1, -0.05) is 11.6 Å². The molecule has 2 unspecified atom stereocenters. The van der Waals surface area contributed by atoms with Crippen molar-refractivity contribution in [3.63, 3.8) is 0 Å². The molecule has 174 valence electrons. The number of aromatic nitrogens is 2. The third-order valence-electron chi connectivity index (χ3n) is 6.57. The molecule has 3 heterocycles. The van der Waals surface area contributed by atoms with E-state index in [0.717, 1.165) is 47.5 Å². The number of nitrogens with zero attached hydrogens (tertiary/aromatic N) is 5. The van der Waals surface area contributed by atoms with Crippen LogP contribution in [0.1, 0.15) is 15.9 Å². The lowest BCUT2D eigenvalue weighted by Gasteiger charge is -2.23. The van der Waals surface area contributed by atoms with Crippen LogP contribution in [0, 0.1) is 24.2 Å². The first-order valence-electron chi connectivity index (χ1n) is 11.3. The Bertz CT molecular complexity index is 1260. The zero-order valence-electron chi connectivity index (χ0n) is 19.2. The molecule has 2 aromatic carbocycles. The molecule has 0 radical (unpaired) electrons. The topological polar surface area (TPSA) is 107 Å². The summed E-state index contributed by atoms with van der Waals surface area (Å²) in [6, 6.07) is 11.5. The van der Waals surface area contributed by atoms with Gasteiger partial charge < -0.3 is 19.9 Å². The number of benzene rings is 2. The second-order valence-corrected chi connectivity index (χ2v) is 8.84. The van der Waals surface area contributed by atoms with Crippen LogP contribution in [0.5, 0.6) is 5.75 Å². The van der Waals surface area contributed by atoms with Crippen molar-refractivity contribution >= 4 is 40.9 Å². The average molecular weight is 458 g/mol. The summed E-state index contributed by atoms with van der Waals surface area (Å²) in [6.45, 7) is 5.03. The van der Waals surface area contributed by atoms with E-state index in [4.69, 9.17) is 15.1 Å². The van der Waals surface area contributed by atoms with Gasteiger partial charge in [0.2, 0.25) is 5.95 Å². The van der Waals surface area contributed by atoms with Crippen molar-refractivity contribution in [1.82, 2.24) is 14.9 Å². The summed E-state index contributed by atoms with van der Waals surface area (Å²) in [4.78, 5) is 26.9. The van der Waals surface area contributed by atoms with Crippen LogP contribution in [0.3, 0.4) is 0 Å². The minimum absolute atomic E-state index is 0.00579. The summed E-state index contributed by atoms with van der Waals surface area (Å²) in [7, 11) is 1.65. The first kappa shape index (κ1) is 21.8. The molecule has 2 saturated heterocycles. The lowest BCUT2D eigenvalue weighted by molar-refractivity contribution is 0.0783. The van der Waals surface area contributed by atoms with Crippen LogP contribution in [0.2, 0.25) is 0 Å². The summed E-state index contributed by atoms with van der Waals surface area (Å²) in [5.41, 5.74) is 6.01.